The number of fused-ring (bicyclic) bond motifs is 3. The summed E-state index contributed by atoms with van der Waals surface area (Å²) >= 11 is 8.37. The maximum absolute atomic E-state index is 14.5. The van der Waals surface area contributed by atoms with E-state index in [1.165, 1.54) is 16.7 Å². The Morgan fingerprint density at radius 1 is 0.943 bits per heavy atom. The molecule has 0 fully saturated rings. The molecular formula is C39H44ClN9O3S. The number of carbonyl (C=O) groups excluding carboxylic acids is 3. The van der Waals surface area contributed by atoms with E-state index in [1.807, 2.05) is 67.6 Å². The first kappa shape index (κ1) is 38.0. The molecule has 0 unspecified atom stereocenters. The minimum atomic E-state index is -1.08. The molecule has 6 rings (SSSR count). The first-order chi connectivity index (χ1) is 25.7. The number of rotatable bonds is 7. The Morgan fingerprint density at radius 2 is 1.74 bits per heavy atom. The third-order valence-electron chi connectivity index (χ3n) is 9.64. The van der Waals surface area contributed by atoms with Crippen LogP contribution in [-0.2, 0) is 33.9 Å². The van der Waals surface area contributed by atoms with Crippen molar-refractivity contribution in [2.24, 2.45) is 11.5 Å². The number of hydrogen-bond acceptors (Lipinski definition) is 9. The number of likely N-dealkylation sites (N-methyl/N-ethyl adjacent to an activating group) is 1. The Hall–Kier alpha value is -4.79. The van der Waals surface area contributed by atoms with E-state index in [4.69, 9.17) is 28.1 Å². The smallest absolute Gasteiger partial charge is 0.246 e. The molecule has 3 atom stereocenters. The second-order valence-electron chi connectivity index (χ2n) is 13.0. The minimum Gasteiger partial charge on any atom is -0.358 e. The lowest BCUT2D eigenvalue weighted by molar-refractivity contribution is -0.141. The van der Waals surface area contributed by atoms with Crippen LogP contribution >= 0.6 is 23.4 Å². The molecule has 0 spiro atoms. The van der Waals surface area contributed by atoms with E-state index in [2.05, 4.69) is 25.9 Å². The molecular weight excluding hydrogens is 710 g/mol. The van der Waals surface area contributed by atoms with E-state index < -0.39 is 24.0 Å². The topological polar surface area (TPSA) is 184 Å². The van der Waals surface area contributed by atoms with Crippen LogP contribution < -0.4 is 27.4 Å². The molecule has 0 saturated heterocycles. The number of pyridine rings is 2. The van der Waals surface area contributed by atoms with E-state index in [0.29, 0.717) is 36.0 Å². The number of nitrogens with zero attached hydrogens (tertiary/aromatic N) is 3. The highest BCUT2D eigenvalue weighted by Gasteiger charge is 2.34. The predicted molar refractivity (Wildman–Crippen MR) is 208 cm³/mol. The number of H-pyrrole nitrogens is 1. The molecule has 3 aromatic heterocycles. The number of carbonyl (C=O) groups is 3. The number of halogens is 1. The number of amides is 3. The molecule has 1 aliphatic rings. The molecule has 3 amide bonds. The van der Waals surface area contributed by atoms with Crippen LogP contribution in [-0.4, -0.2) is 75.8 Å². The standard InChI is InChI=1S/C39H44ClN9O3S/c1-23-28(27-8-3-4-9-31(27)47-23)19-34-37(51)46-22-29-26(24-13-17-43-18-14-24)11-12-30(40)35(29)53-38-25(7-6-16-44-38)21-45-32(10-5-15-41)36(50)48-33(20-42)39(52)49(34)2/h3-4,6-9,11-14,16-18,32-34,45,47H,5,10,15,19-22,41-42H2,1-2H3,(H,46,51)(H,48,50)/t32-,33-,34-/m0/s1. The molecule has 276 valence electrons. The van der Waals surface area contributed by atoms with Crippen molar-refractivity contribution in [2.45, 2.75) is 67.3 Å². The van der Waals surface area contributed by atoms with Crippen molar-refractivity contribution in [3.05, 3.63) is 107 Å². The number of benzene rings is 2. The second kappa shape index (κ2) is 17.4. The molecule has 12 nitrogen and oxygen atoms in total. The molecule has 8 N–H and O–H groups in total. The normalized spacial score (nSPS) is 18.9. The Labute approximate surface area is 317 Å². The molecule has 0 radical (unpaired) electrons. The lowest BCUT2D eigenvalue weighted by Crippen LogP contribution is -2.59. The SMILES string of the molecule is Cc1[nH]c2ccccc2c1C[C@H]1C(=O)NCc2c(-c3ccncc3)ccc(Cl)c2Sc2ncccc2CN[C@@H](CCCN)C(=O)N[C@@H](CN)C(=O)N1C. The average Bonchev–Trinajstić information content (AvgIpc) is 3.49. The van der Waals surface area contributed by atoms with E-state index in [-0.39, 0.29) is 31.3 Å². The Bertz CT molecular complexity index is 2090. The highest BCUT2D eigenvalue weighted by Crippen LogP contribution is 2.41. The van der Waals surface area contributed by atoms with E-state index in [9.17, 15) is 14.4 Å². The lowest BCUT2D eigenvalue weighted by Gasteiger charge is -2.31. The van der Waals surface area contributed by atoms with Gasteiger partial charge in [-0.05, 0) is 84.5 Å². The summed E-state index contributed by atoms with van der Waals surface area (Å²) in [6.07, 6.45) is 6.36. The van der Waals surface area contributed by atoms with Gasteiger partial charge >= 0.3 is 0 Å². The molecule has 0 saturated carbocycles. The summed E-state index contributed by atoms with van der Waals surface area (Å²) in [6, 6.07) is 16.5. The van der Waals surface area contributed by atoms with Crippen LogP contribution in [0.3, 0.4) is 0 Å². The number of hydrogen-bond donors (Lipinski definition) is 6. The summed E-state index contributed by atoms with van der Waals surface area (Å²) in [6.45, 7) is 2.58. The third-order valence-corrected chi connectivity index (χ3v) is 11.3. The number of aromatic nitrogens is 3. The summed E-state index contributed by atoms with van der Waals surface area (Å²) < 4.78 is 0. The van der Waals surface area contributed by atoms with Gasteiger partial charge in [0.1, 0.15) is 17.1 Å². The van der Waals surface area contributed by atoms with Gasteiger partial charge in [-0.3, -0.25) is 19.4 Å². The fraction of sp³-hybridized carbons (Fsp3) is 0.308. The van der Waals surface area contributed by atoms with Gasteiger partial charge in [-0.2, -0.15) is 0 Å². The number of aromatic amines is 1. The van der Waals surface area contributed by atoms with Gasteiger partial charge < -0.3 is 37.3 Å². The monoisotopic (exact) mass is 753 g/mol. The van der Waals surface area contributed by atoms with Crippen molar-refractivity contribution >= 4 is 52.0 Å². The van der Waals surface area contributed by atoms with Crippen molar-refractivity contribution < 1.29 is 14.4 Å². The van der Waals surface area contributed by atoms with Crippen LogP contribution in [0.15, 0.2) is 89.2 Å². The molecule has 14 heteroatoms. The van der Waals surface area contributed by atoms with E-state index >= 15 is 0 Å². The van der Waals surface area contributed by atoms with E-state index in [1.54, 1.807) is 25.6 Å². The Morgan fingerprint density at radius 3 is 2.51 bits per heavy atom. The van der Waals surface area contributed by atoms with Gasteiger partial charge in [0.2, 0.25) is 17.7 Å². The summed E-state index contributed by atoms with van der Waals surface area (Å²) in [5.41, 5.74) is 18.1. The molecule has 4 heterocycles. The number of nitrogens with one attached hydrogen (secondary N) is 4. The Kier molecular flexibility index (Phi) is 12.4. The summed E-state index contributed by atoms with van der Waals surface area (Å²) in [5, 5.41) is 11.5. The van der Waals surface area contributed by atoms with Gasteiger partial charge in [0.25, 0.3) is 0 Å². The van der Waals surface area contributed by atoms with Gasteiger partial charge in [0.15, 0.2) is 0 Å². The zero-order valence-corrected chi connectivity index (χ0v) is 31.3. The second-order valence-corrected chi connectivity index (χ2v) is 14.4. The predicted octanol–water partition coefficient (Wildman–Crippen LogP) is 4.08. The van der Waals surface area contributed by atoms with Crippen molar-refractivity contribution in [3.63, 3.8) is 0 Å². The fourth-order valence-electron chi connectivity index (χ4n) is 6.70. The van der Waals surface area contributed by atoms with Crippen LogP contribution in [0.2, 0.25) is 5.02 Å². The molecule has 1 aliphatic heterocycles. The number of para-hydroxylation sites is 1. The summed E-state index contributed by atoms with van der Waals surface area (Å²) in [5.74, 6) is -1.25. The maximum Gasteiger partial charge on any atom is 0.246 e. The van der Waals surface area contributed by atoms with Crippen molar-refractivity contribution in [3.8, 4) is 11.1 Å². The highest BCUT2D eigenvalue weighted by molar-refractivity contribution is 7.99. The van der Waals surface area contributed by atoms with Gasteiger partial charge in [0.05, 0.1) is 11.1 Å². The van der Waals surface area contributed by atoms with Gasteiger partial charge in [-0.1, -0.05) is 53.7 Å². The molecule has 0 bridgehead atoms. The molecule has 5 aromatic rings. The van der Waals surface area contributed by atoms with Crippen molar-refractivity contribution in [1.29, 1.82) is 0 Å². The van der Waals surface area contributed by atoms with Crippen LogP contribution in [0.1, 0.15) is 35.2 Å². The highest BCUT2D eigenvalue weighted by atomic mass is 35.5. The minimum absolute atomic E-state index is 0.101. The molecule has 53 heavy (non-hydrogen) atoms. The van der Waals surface area contributed by atoms with Gasteiger partial charge in [0, 0.05) is 73.2 Å². The number of nitrogens with two attached hydrogens (primary N) is 2. The first-order valence-electron chi connectivity index (χ1n) is 17.6. The van der Waals surface area contributed by atoms with Crippen LogP contribution in [0.4, 0.5) is 0 Å². The Balaban J connectivity index is 1.47. The average molecular weight is 754 g/mol. The summed E-state index contributed by atoms with van der Waals surface area (Å²) in [4.78, 5) is 57.0. The van der Waals surface area contributed by atoms with Gasteiger partial charge in [-0.25, -0.2) is 4.98 Å². The molecule has 2 aromatic carbocycles. The van der Waals surface area contributed by atoms with Crippen LogP contribution in [0.25, 0.3) is 22.0 Å². The molecule has 0 aliphatic carbocycles. The number of aryl methyl sites for hydroxylation is 1. The zero-order valence-electron chi connectivity index (χ0n) is 29.7. The third kappa shape index (κ3) is 8.55. The lowest BCUT2D eigenvalue weighted by atomic mass is 9.99. The van der Waals surface area contributed by atoms with Crippen LogP contribution in [0, 0.1) is 6.92 Å². The fourth-order valence-corrected chi connectivity index (χ4v) is 8.04. The van der Waals surface area contributed by atoms with Gasteiger partial charge in [-0.15, -0.1) is 0 Å². The van der Waals surface area contributed by atoms with Crippen molar-refractivity contribution in [1.82, 2.24) is 35.8 Å². The zero-order chi connectivity index (χ0) is 37.5. The van der Waals surface area contributed by atoms with Crippen molar-refractivity contribution in [2.75, 3.05) is 20.1 Å². The first-order valence-corrected chi connectivity index (χ1v) is 18.8. The van der Waals surface area contributed by atoms with Crippen LogP contribution in [0.5, 0.6) is 0 Å². The van der Waals surface area contributed by atoms with E-state index in [0.717, 1.165) is 49.3 Å². The maximum atomic E-state index is 14.5. The summed E-state index contributed by atoms with van der Waals surface area (Å²) in [7, 11) is 1.58. The quantitative estimate of drug-likeness (QED) is 0.143. The largest absolute Gasteiger partial charge is 0.358 e.